The van der Waals surface area contributed by atoms with Gasteiger partial charge in [0.25, 0.3) is 0 Å². The predicted octanol–water partition coefficient (Wildman–Crippen LogP) is 4.15. The Morgan fingerprint density at radius 1 is 0.923 bits per heavy atom. The van der Waals surface area contributed by atoms with Crippen LogP contribution in [0, 0.1) is 0 Å². The van der Waals surface area contributed by atoms with Gasteiger partial charge in [-0.2, -0.15) is 0 Å². The molecule has 132 valence electrons. The monoisotopic (exact) mass is 347 g/mol. The normalized spacial score (nSPS) is 18.8. The van der Waals surface area contributed by atoms with Gasteiger partial charge in [0.2, 0.25) is 6.29 Å². The molecule has 4 nitrogen and oxygen atoms in total. The lowest BCUT2D eigenvalue weighted by atomic mass is 10.0. The van der Waals surface area contributed by atoms with E-state index >= 15 is 0 Å². The van der Waals surface area contributed by atoms with E-state index in [9.17, 15) is 5.11 Å². The molecule has 0 saturated carbocycles. The Bertz CT molecular complexity index is 864. The minimum Gasteiger partial charge on any atom is -0.497 e. The van der Waals surface area contributed by atoms with Crippen molar-refractivity contribution in [3.05, 3.63) is 90.0 Å². The van der Waals surface area contributed by atoms with Crippen molar-refractivity contribution in [3.63, 3.8) is 0 Å². The molecular formula is C22H21NO3. The van der Waals surface area contributed by atoms with Gasteiger partial charge >= 0.3 is 0 Å². The van der Waals surface area contributed by atoms with Gasteiger partial charge in [-0.15, -0.1) is 0 Å². The number of methoxy groups -OCH3 is 1. The minimum atomic E-state index is -0.939. The van der Waals surface area contributed by atoms with E-state index in [4.69, 9.17) is 9.47 Å². The summed E-state index contributed by atoms with van der Waals surface area (Å²) in [6.45, 7) is 0.654. The molecule has 2 atom stereocenters. The van der Waals surface area contributed by atoms with E-state index in [0.717, 1.165) is 22.6 Å². The third-order valence-corrected chi connectivity index (χ3v) is 4.68. The van der Waals surface area contributed by atoms with E-state index < -0.39 is 6.29 Å². The predicted molar refractivity (Wildman–Crippen MR) is 101 cm³/mol. The lowest BCUT2D eigenvalue weighted by Crippen LogP contribution is -2.43. The summed E-state index contributed by atoms with van der Waals surface area (Å²) in [7, 11) is 1.66. The van der Waals surface area contributed by atoms with Crippen molar-refractivity contribution in [1.29, 1.82) is 0 Å². The smallest absolute Gasteiger partial charge is 0.222 e. The number of benzene rings is 3. The highest BCUT2D eigenvalue weighted by Gasteiger charge is 2.35. The molecular weight excluding hydrogens is 326 g/mol. The molecule has 1 aliphatic rings. The van der Waals surface area contributed by atoms with Crippen LogP contribution in [0.15, 0.2) is 78.9 Å². The first kappa shape index (κ1) is 16.5. The zero-order valence-corrected chi connectivity index (χ0v) is 14.6. The highest BCUT2D eigenvalue weighted by atomic mass is 16.6. The van der Waals surface area contributed by atoms with Crippen LogP contribution in [-0.4, -0.2) is 18.5 Å². The summed E-state index contributed by atoms with van der Waals surface area (Å²) in [4.78, 5) is 2.20. The number of anilines is 1. The quantitative estimate of drug-likeness (QED) is 0.770. The van der Waals surface area contributed by atoms with Crippen LogP contribution in [0.5, 0.6) is 11.5 Å². The van der Waals surface area contributed by atoms with E-state index in [1.807, 2.05) is 78.9 Å². The molecule has 0 saturated heterocycles. The molecule has 0 bridgehead atoms. The number of hydrogen-bond acceptors (Lipinski definition) is 4. The lowest BCUT2D eigenvalue weighted by Gasteiger charge is -2.41. The fourth-order valence-corrected chi connectivity index (χ4v) is 3.40. The van der Waals surface area contributed by atoms with Crippen molar-refractivity contribution in [1.82, 2.24) is 0 Å². The molecule has 3 aromatic rings. The second kappa shape index (κ2) is 7.10. The molecule has 0 aromatic heterocycles. The summed E-state index contributed by atoms with van der Waals surface area (Å²) in [5.41, 5.74) is 3.13. The van der Waals surface area contributed by atoms with E-state index in [-0.39, 0.29) is 6.04 Å². The number of nitrogens with zero attached hydrogens (tertiary/aromatic N) is 1. The molecule has 0 aliphatic carbocycles. The Balaban J connectivity index is 1.74. The molecule has 26 heavy (non-hydrogen) atoms. The molecule has 3 aromatic carbocycles. The molecule has 0 amide bonds. The van der Waals surface area contributed by atoms with Gasteiger partial charge in [0.15, 0.2) is 0 Å². The number of ether oxygens (including phenoxy) is 2. The number of aliphatic hydroxyl groups excluding tert-OH is 1. The summed E-state index contributed by atoms with van der Waals surface area (Å²) in [5, 5.41) is 10.7. The zero-order valence-electron chi connectivity index (χ0n) is 14.6. The van der Waals surface area contributed by atoms with Crippen LogP contribution < -0.4 is 14.4 Å². The molecule has 0 spiro atoms. The average molecular weight is 347 g/mol. The van der Waals surface area contributed by atoms with Gasteiger partial charge < -0.3 is 19.5 Å². The van der Waals surface area contributed by atoms with Gasteiger partial charge in [-0.25, -0.2) is 0 Å². The number of fused-ring (bicyclic) bond motifs is 1. The number of para-hydroxylation sites is 2. The first-order chi connectivity index (χ1) is 12.8. The Morgan fingerprint density at radius 3 is 2.35 bits per heavy atom. The van der Waals surface area contributed by atoms with E-state index in [1.165, 1.54) is 0 Å². The van der Waals surface area contributed by atoms with Crippen molar-refractivity contribution < 1.29 is 14.6 Å². The molecule has 1 heterocycles. The Labute approximate surface area is 153 Å². The summed E-state index contributed by atoms with van der Waals surface area (Å²) < 4.78 is 11.0. The highest BCUT2D eigenvalue weighted by Crippen LogP contribution is 2.42. The summed E-state index contributed by atoms with van der Waals surface area (Å²) in [6.07, 6.45) is -0.939. The van der Waals surface area contributed by atoms with Crippen LogP contribution in [0.2, 0.25) is 0 Å². The first-order valence-electron chi connectivity index (χ1n) is 8.64. The van der Waals surface area contributed by atoms with Crippen molar-refractivity contribution in [2.24, 2.45) is 0 Å². The van der Waals surface area contributed by atoms with Gasteiger partial charge in [-0.3, -0.25) is 0 Å². The third-order valence-electron chi connectivity index (χ3n) is 4.68. The van der Waals surface area contributed by atoms with Gasteiger partial charge in [0.1, 0.15) is 17.5 Å². The molecule has 0 fully saturated rings. The third kappa shape index (κ3) is 3.11. The largest absolute Gasteiger partial charge is 0.497 e. The summed E-state index contributed by atoms with van der Waals surface area (Å²) >= 11 is 0. The van der Waals surface area contributed by atoms with E-state index in [0.29, 0.717) is 12.3 Å². The SMILES string of the molecule is COc1ccc(CN2c3ccccc3OC(O)C2c2ccccc2)cc1. The van der Waals surface area contributed by atoms with Gasteiger partial charge in [0.05, 0.1) is 12.8 Å². The van der Waals surface area contributed by atoms with Gasteiger partial charge in [-0.05, 0) is 35.4 Å². The second-order valence-electron chi connectivity index (χ2n) is 6.31. The fourth-order valence-electron chi connectivity index (χ4n) is 3.40. The van der Waals surface area contributed by atoms with Crippen molar-refractivity contribution in [2.75, 3.05) is 12.0 Å². The molecule has 1 aliphatic heterocycles. The molecule has 0 radical (unpaired) electrons. The van der Waals surface area contributed by atoms with Gasteiger partial charge in [-0.1, -0.05) is 54.6 Å². The van der Waals surface area contributed by atoms with E-state index in [2.05, 4.69) is 4.90 Å². The molecule has 4 rings (SSSR count). The standard InChI is InChI=1S/C22H21NO3/c1-25-18-13-11-16(12-14-18)15-23-19-9-5-6-10-20(19)26-22(24)21(23)17-7-3-2-4-8-17/h2-14,21-22,24H,15H2,1H3. The Morgan fingerprint density at radius 2 is 1.62 bits per heavy atom. The second-order valence-corrected chi connectivity index (χ2v) is 6.31. The van der Waals surface area contributed by atoms with Crippen LogP contribution in [0.1, 0.15) is 17.2 Å². The van der Waals surface area contributed by atoms with Crippen LogP contribution >= 0.6 is 0 Å². The topological polar surface area (TPSA) is 41.9 Å². The maximum absolute atomic E-state index is 10.7. The zero-order chi connectivity index (χ0) is 17.9. The van der Waals surface area contributed by atoms with Crippen LogP contribution in [0.25, 0.3) is 0 Å². The number of rotatable bonds is 4. The molecule has 2 unspecified atom stereocenters. The number of hydrogen-bond donors (Lipinski definition) is 1. The van der Waals surface area contributed by atoms with Gasteiger partial charge in [0, 0.05) is 6.54 Å². The highest BCUT2D eigenvalue weighted by molar-refractivity contribution is 5.62. The summed E-state index contributed by atoms with van der Waals surface area (Å²) in [6, 6.07) is 25.5. The summed E-state index contributed by atoms with van der Waals surface area (Å²) in [5.74, 6) is 1.52. The van der Waals surface area contributed by atoms with Crippen LogP contribution in [0.4, 0.5) is 5.69 Å². The Kier molecular flexibility index (Phi) is 4.50. The van der Waals surface area contributed by atoms with Crippen molar-refractivity contribution in [3.8, 4) is 11.5 Å². The molecule has 4 heteroatoms. The Hall–Kier alpha value is -2.98. The fraction of sp³-hybridized carbons (Fsp3) is 0.182. The maximum atomic E-state index is 10.7. The van der Waals surface area contributed by atoms with Crippen LogP contribution in [-0.2, 0) is 6.54 Å². The van der Waals surface area contributed by atoms with Crippen molar-refractivity contribution >= 4 is 5.69 Å². The molecule has 1 N–H and O–H groups in total. The average Bonchev–Trinajstić information content (AvgIpc) is 2.69. The van der Waals surface area contributed by atoms with Crippen molar-refractivity contribution in [2.45, 2.75) is 18.9 Å². The van der Waals surface area contributed by atoms with Crippen LogP contribution in [0.3, 0.4) is 0 Å². The van der Waals surface area contributed by atoms with E-state index in [1.54, 1.807) is 7.11 Å². The first-order valence-corrected chi connectivity index (χ1v) is 8.64. The number of aliphatic hydroxyl groups is 1. The maximum Gasteiger partial charge on any atom is 0.222 e. The lowest BCUT2D eigenvalue weighted by molar-refractivity contribution is -0.0472. The minimum absolute atomic E-state index is 0.284.